The van der Waals surface area contributed by atoms with Gasteiger partial charge in [0.1, 0.15) is 0 Å². The van der Waals surface area contributed by atoms with E-state index in [0.717, 1.165) is 12.0 Å². The fourth-order valence-corrected chi connectivity index (χ4v) is 0.986. The molecule has 0 radical (unpaired) electrons. The maximum atomic E-state index is 10.6. The fourth-order valence-electron chi connectivity index (χ4n) is 0.986. The lowest BCUT2D eigenvalue weighted by atomic mass is 10.1. The second kappa shape index (κ2) is 3.34. The van der Waals surface area contributed by atoms with Gasteiger partial charge in [-0.25, -0.2) is 4.79 Å². The van der Waals surface area contributed by atoms with Crippen molar-refractivity contribution in [3.63, 3.8) is 0 Å². The van der Waals surface area contributed by atoms with E-state index in [1.807, 2.05) is 6.92 Å². The number of hydrogen-bond donors (Lipinski definition) is 1. The van der Waals surface area contributed by atoms with E-state index in [1.54, 1.807) is 19.2 Å². The molecule has 1 aromatic heterocycles. The molecular weight excluding hydrogens is 154 g/mol. The van der Waals surface area contributed by atoms with E-state index < -0.39 is 5.97 Å². The molecule has 0 fully saturated rings. The molecule has 0 atom stereocenters. The standard InChI is InChI=1S/C9H11NO2/c1-3-7-4-8(9(11)12)6(2)10-5-7/h4-5H,3H2,1-2H3,(H,11,12). The van der Waals surface area contributed by atoms with E-state index in [-0.39, 0.29) is 0 Å². The largest absolute Gasteiger partial charge is 0.478 e. The predicted molar refractivity (Wildman–Crippen MR) is 45.3 cm³/mol. The van der Waals surface area contributed by atoms with Crippen LogP contribution in [0, 0.1) is 6.92 Å². The van der Waals surface area contributed by atoms with Crippen LogP contribution in [0.25, 0.3) is 0 Å². The molecule has 1 aromatic rings. The Balaban J connectivity index is 3.17. The van der Waals surface area contributed by atoms with Gasteiger partial charge >= 0.3 is 5.97 Å². The van der Waals surface area contributed by atoms with Crippen LogP contribution in [-0.4, -0.2) is 16.1 Å². The zero-order valence-corrected chi connectivity index (χ0v) is 7.16. The van der Waals surface area contributed by atoms with Crippen molar-refractivity contribution in [3.05, 3.63) is 29.1 Å². The molecule has 64 valence electrons. The molecule has 0 saturated heterocycles. The third-order valence-corrected chi connectivity index (χ3v) is 1.78. The van der Waals surface area contributed by atoms with Gasteiger partial charge in [-0.05, 0) is 25.0 Å². The smallest absolute Gasteiger partial charge is 0.337 e. The minimum absolute atomic E-state index is 0.300. The summed E-state index contributed by atoms with van der Waals surface area (Å²) >= 11 is 0. The molecule has 0 aliphatic carbocycles. The van der Waals surface area contributed by atoms with Crippen molar-refractivity contribution in [1.82, 2.24) is 4.98 Å². The molecule has 3 nitrogen and oxygen atoms in total. The lowest BCUT2D eigenvalue weighted by Gasteiger charge is -2.01. The highest BCUT2D eigenvalue weighted by molar-refractivity contribution is 5.88. The first kappa shape index (κ1) is 8.71. The fraction of sp³-hybridized carbons (Fsp3) is 0.333. The summed E-state index contributed by atoms with van der Waals surface area (Å²) in [7, 11) is 0. The van der Waals surface area contributed by atoms with E-state index in [4.69, 9.17) is 5.11 Å². The normalized spacial score (nSPS) is 9.83. The number of hydrogen-bond acceptors (Lipinski definition) is 2. The molecule has 1 rings (SSSR count). The average Bonchev–Trinajstić information content (AvgIpc) is 2.05. The predicted octanol–water partition coefficient (Wildman–Crippen LogP) is 1.65. The van der Waals surface area contributed by atoms with E-state index in [9.17, 15) is 4.79 Å². The van der Waals surface area contributed by atoms with Gasteiger partial charge in [0.25, 0.3) is 0 Å². The first-order chi connectivity index (χ1) is 5.65. The van der Waals surface area contributed by atoms with Crippen molar-refractivity contribution in [3.8, 4) is 0 Å². The van der Waals surface area contributed by atoms with E-state index in [0.29, 0.717) is 11.3 Å². The van der Waals surface area contributed by atoms with Crippen LogP contribution in [0.3, 0.4) is 0 Å². The van der Waals surface area contributed by atoms with Gasteiger partial charge < -0.3 is 5.11 Å². The van der Waals surface area contributed by atoms with Crippen LogP contribution in [0.4, 0.5) is 0 Å². The zero-order valence-electron chi connectivity index (χ0n) is 7.16. The van der Waals surface area contributed by atoms with Gasteiger partial charge in [-0.3, -0.25) is 4.98 Å². The molecule has 1 N–H and O–H groups in total. The minimum Gasteiger partial charge on any atom is -0.478 e. The van der Waals surface area contributed by atoms with Crippen molar-refractivity contribution >= 4 is 5.97 Å². The van der Waals surface area contributed by atoms with E-state index in [2.05, 4.69) is 4.98 Å². The summed E-state index contributed by atoms with van der Waals surface area (Å²) in [6.07, 6.45) is 2.52. The van der Waals surface area contributed by atoms with Crippen LogP contribution in [0.15, 0.2) is 12.3 Å². The second-order valence-corrected chi connectivity index (χ2v) is 2.64. The summed E-state index contributed by atoms with van der Waals surface area (Å²) in [5.41, 5.74) is 1.83. The number of carboxylic acids is 1. The van der Waals surface area contributed by atoms with E-state index in [1.165, 1.54) is 0 Å². The number of carboxylic acid groups (broad SMARTS) is 1. The number of aromatic nitrogens is 1. The van der Waals surface area contributed by atoms with Crippen molar-refractivity contribution in [2.45, 2.75) is 20.3 Å². The second-order valence-electron chi connectivity index (χ2n) is 2.64. The van der Waals surface area contributed by atoms with Gasteiger partial charge in [0.2, 0.25) is 0 Å². The Morgan fingerprint density at radius 2 is 2.33 bits per heavy atom. The molecule has 0 saturated carbocycles. The minimum atomic E-state index is -0.907. The summed E-state index contributed by atoms with van der Waals surface area (Å²) in [5, 5.41) is 8.75. The Morgan fingerprint density at radius 1 is 1.67 bits per heavy atom. The molecule has 1 heterocycles. The summed E-state index contributed by atoms with van der Waals surface area (Å²) in [6.45, 7) is 3.67. The average molecular weight is 165 g/mol. The zero-order chi connectivity index (χ0) is 9.14. The molecule has 0 bridgehead atoms. The van der Waals surface area contributed by atoms with Crippen molar-refractivity contribution < 1.29 is 9.90 Å². The lowest BCUT2D eigenvalue weighted by molar-refractivity contribution is 0.0695. The number of rotatable bonds is 2. The number of pyridine rings is 1. The number of nitrogens with zero attached hydrogens (tertiary/aromatic N) is 1. The van der Waals surface area contributed by atoms with Gasteiger partial charge in [-0.15, -0.1) is 0 Å². The Labute approximate surface area is 71.1 Å². The SMILES string of the molecule is CCc1cnc(C)c(C(=O)O)c1. The molecule has 0 aliphatic rings. The van der Waals surface area contributed by atoms with Gasteiger partial charge in [0.15, 0.2) is 0 Å². The van der Waals surface area contributed by atoms with Crippen LogP contribution in [0.5, 0.6) is 0 Å². The highest BCUT2D eigenvalue weighted by Gasteiger charge is 2.07. The van der Waals surface area contributed by atoms with Gasteiger partial charge in [0, 0.05) is 6.20 Å². The van der Waals surface area contributed by atoms with Crippen LogP contribution >= 0.6 is 0 Å². The van der Waals surface area contributed by atoms with Crippen LogP contribution in [0.2, 0.25) is 0 Å². The topological polar surface area (TPSA) is 50.2 Å². The summed E-state index contributed by atoms with van der Waals surface area (Å²) in [4.78, 5) is 14.6. The van der Waals surface area contributed by atoms with Crippen LogP contribution < -0.4 is 0 Å². The number of aryl methyl sites for hydroxylation is 2. The summed E-state index contributed by atoms with van der Waals surface area (Å²) in [6, 6.07) is 1.67. The van der Waals surface area contributed by atoms with Crippen LogP contribution in [-0.2, 0) is 6.42 Å². The quantitative estimate of drug-likeness (QED) is 0.724. The first-order valence-electron chi connectivity index (χ1n) is 3.84. The molecule has 0 aliphatic heterocycles. The Morgan fingerprint density at radius 3 is 2.83 bits per heavy atom. The Bertz CT molecular complexity index is 307. The highest BCUT2D eigenvalue weighted by Crippen LogP contribution is 2.08. The number of aromatic carboxylic acids is 1. The van der Waals surface area contributed by atoms with E-state index >= 15 is 0 Å². The molecule has 0 spiro atoms. The maximum Gasteiger partial charge on any atom is 0.337 e. The van der Waals surface area contributed by atoms with Crippen molar-refractivity contribution in [2.75, 3.05) is 0 Å². The lowest BCUT2D eigenvalue weighted by Crippen LogP contribution is -2.02. The van der Waals surface area contributed by atoms with Gasteiger partial charge in [-0.2, -0.15) is 0 Å². The monoisotopic (exact) mass is 165 g/mol. The van der Waals surface area contributed by atoms with Crippen molar-refractivity contribution in [2.24, 2.45) is 0 Å². The first-order valence-corrected chi connectivity index (χ1v) is 3.84. The third-order valence-electron chi connectivity index (χ3n) is 1.78. The third kappa shape index (κ3) is 1.61. The molecule has 12 heavy (non-hydrogen) atoms. The highest BCUT2D eigenvalue weighted by atomic mass is 16.4. The van der Waals surface area contributed by atoms with Gasteiger partial charge in [-0.1, -0.05) is 6.92 Å². The Hall–Kier alpha value is -1.38. The Kier molecular flexibility index (Phi) is 2.43. The molecular formula is C9H11NO2. The molecule has 3 heteroatoms. The number of carbonyl (C=O) groups is 1. The molecule has 0 unspecified atom stereocenters. The molecule has 0 amide bonds. The molecule has 0 aromatic carbocycles. The summed E-state index contributed by atoms with van der Waals surface area (Å²) < 4.78 is 0. The van der Waals surface area contributed by atoms with Crippen molar-refractivity contribution in [1.29, 1.82) is 0 Å². The van der Waals surface area contributed by atoms with Gasteiger partial charge in [0.05, 0.1) is 11.3 Å². The summed E-state index contributed by atoms with van der Waals surface area (Å²) in [5.74, 6) is -0.907. The van der Waals surface area contributed by atoms with Crippen LogP contribution in [0.1, 0.15) is 28.5 Å². The maximum absolute atomic E-state index is 10.6.